The average molecular weight is 253 g/mol. The second-order valence-electron chi connectivity index (χ2n) is 3.89. The second-order valence-corrected chi connectivity index (χ2v) is 3.89. The van der Waals surface area contributed by atoms with Crippen LogP contribution in [0.15, 0.2) is 18.3 Å². The molecule has 6 nitrogen and oxygen atoms in total. The van der Waals surface area contributed by atoms with Crippen LogP contribution >= 0.6 is 0 Å². The Balaban J connectivity index is 2.49. The Hall–Kier alpha value is -1.66. The summed E-state index contributed by atoms with van der Waals surface area (Å²) in [5.74, 6) is -0.216. The minimum atomic E-state index is -0.216. The standard InChI is InChI=1S/C12H19N3O3/c1-15-11(5-7-13-15)3-4-12(17)14-10(6-8-16)9-18-2/h3-5,7,10,16H,6,8-9H2,1-2H3,(H,14,17)/b4-3+. The summed E-state index contributed by atoms with van der Waals surface area (Å²) in [6, 6.07) is 1.63. The number of nitrogens with one attached hydrogen (secondary N) is 1. The van der Waals surface area contributed by atoms with Gasteiger partial charge in [-0.2, -0.15) is 5.10 Å². The number of carbonyl (C=O) groups excluding carboxylic acids is 1. The zero-order chi connectivity index (χ0) is 13.4. The van der Waals surface area contributed by atoms with Crippen LogP contribution in [-0.2, 0) is 16.6 Å². The first-order chi connectivity index (χ1) is 8.67. The molecule has 0 aliphatic rings. The first-order valence-electron chi connectivity index (χ1n) is 5.73. The maximum Gasteiger partial charge on any atom is 0.244 e. The molecule has 2 N–H and O–H groups in total. The number of nitrogens with zero attached hydrogens (tertiary/aromatic N) is 2. The van der Waals surface area contributed by atoms with E-state index < -0.39 is 0 Å². The van der Waals surface area contributed by atoms with E-state index in [1.165, 1.54) is 6.08 Å². The highest BCUT2D eigenvalue weighted by Gasteiger charge is 2.09. The molecule has 0 bridgehead atoms. The van der Waals surface area contributed by atoms with Crippen LogP contribution in [0.1, 0.15) is 12.1 Å². The molecule has 0 aromatic carbocycles. The molecule has 0 spiro atoms. The fourth-order valence-corrected chi connectivity index (χ4v) is 1.51. The summed E-state index contributed by atoms with van der Waals surface area (Å²) in [6.45, 7) is 0.394. The molecule has 1 rings (SSSR count). The van der Waals surface area contributed by atoms with Crippen molar-refractivity contribution in [3.8, 4) is 0 Å². The van der Waals surface area contributed by atoms with Crippen LogP contribution in [0, 0.1) is 0 Å². The average Bonchev–Trinajstić information content (AvgIpc) is 2.73. The van der Waals surface area contributed by atoms with E-state index in [-0.39, 0.29) is 18.6 Å². The molecule has 0 aliphatic heterocycles. The van der Waals surface area contributed by atoms with Gasteiger partial charge in [-0.15, -0.1) is 0 Å². The van der Waals surface area contributed by atoms with E-state index in [1.807, 2.05) is 6.07 Å². The van der Waals surface area contributed by atoms with E-state index in [4.69, 9.17) is 9.84 Å². The zero-order valence-electron chi connectivity index (χ0n) is 10.7. The molecule has 1 aromatic heterocycles. The van der Waals surface area contributed by atoms with Gasteiger partial charge in [-0.3, -0.25) is 9.48 Å². The third-order valence-corrected chi connectivity index (χ3v) is 2.46. The van der Waals surface area contributed by atoms with Gasteiger partial charge >= 0.3 is 0 Å². The maximum atomic E-state index is 11.6. The van der Waals surface area contributed by atoms with Gasteiger partial charge in [0.2, 0.25) is 5.91 Å². The third kappa shape index (κ3) is 4.68. The summed E-state index contributed by atoms with van der Waals surface area (Å²) in [6.07, 6.45) is 5.26. The summed E-state index contributed by atoms with van der Waals surface area (Å²) in [7, 11) is 3.36. The number of rotatable bonds is 7. The summed E-state index contributed by atoms with van der Waals surface area (Å²) >= 11 is 0. The van der Waals surface area contributed by atoms with Crippen molar-refractivity contribution in [2.75, 3.05) is 20.3 Å². The molecular weight excluding hydrogens is 234 g/mol. The lowest BCUT2D eigenvalue weighted by Crippen LogP contribution is -2.37. The number of hydrogen-bond acceptors (Lipinski definition) is 4. The van der Waals surface area contributed by atoms with Gasteiger partial charge in [-0.1, -0.05) is 0 Å². The van der Waals surface area contributed by atoms with Crippen molar-refractivity contribution in [2.24, 2.45) is 7.05 Å². The van der Waals surface area contributed by atoms with Crippen molar-refractivity contribution < 1.29 is 14.6 Å². The fraction of sp³-hybridized carbons (Fsp3) is 0.500. The minimum Gasteiger partial charge on any atom is -0.396 e. The van der Waals surface area contributed by atoms with Crippen LogP contribution in [-0.4, -0.2) is 47.2 Å². The minimum absolute atomic E-state index is 0.0136. The van der Waals surface area contributed by atoms with Crippen molar-refractivity contribution in [1.82, 2.24) is 15.1 Å². The molecule has 1 heterocycles. The smallest absolute Gasteiger partial charge is 0.244 e. The molecule has 0 fully saturated rings. The quantitative estimate of drug-likeness (QED) is 0.668. The fourth-order valence-electron chi connectivity index (χ4n) is 1.51. The van der Waals surface area contributed by atoms with Gasteiger partial charge < -0.3 is 15.2 Å². The van der Waals surface area contributed by atoms with Crippen molar-refractivity contribution in [2.45, 2.75) is 12.5 Å². The van der Waals surface area contributed by atoms with Gasteiger partial charge in [0.25, 0.3) is 0 Å². The molecule has 0 saturated heterocycles. The van der Waals surface area contributed by atoms with Gasteiger partial charge in [0.1, 0.15) is 0 Å². The summed E-state index contributed by atoms with van der Waals surface area (Å²) in [5.41, 5.74) is 0.843. The first-order valence-corrected chi connectivity index (χ1v) is 5.73. The van der Waals surface area contributed by atoms with Crippen molar-refractivity contribution >= 4 is 12.0 Å². The molecule has 1 unspecified atom stereocenters. The highest BCUT2D eigenvalue weighted by Crippen LogP contribution is 1.99. The highest BCUT2D eigenvalue weighted by atomic mass is 16.5. The van der Waals surface area contributed by atoms with E-state index in [0.717, 1.165) is 5.69 Å². The van der Waals surface area contributed by atoms with Crippen LogP contribution in [0.4, 0.5) is 0 Å². The van der Waals surface area contributed by atoms with Gasteiger partial charge in [-0.25, -0.2) is 0 Å². The Morgan fingerprint density at radius 1 is 1.72 bits per heavy atom. The van der Waals surface area contributed by atoms with Gasteiger partial charge in [-0.05, 0) is 18.6 Å². The molecular formula is C12H19N3O3. The normalized spacial score (nSPS) is 12.8. The molecule has 100 valence electrons. The molecule has 0 radical (unpaired) electrons. The maximum absolute atomic E-state index is 11.6. The molecule has 1 amide bonds. The predicted molar refractivity (Wildman–Crippen MR) is 67.8 cm³/mol. The zero-order valence-corrected chi connectivity index (χ0v) is 10.7. The number of aromatic nitrogens is 2. The molecule has 18 heavy (non-hydrogen) atoms. The molecule has 1 aromatic rings. The van der Waals surface area contributed by atoms with Crippen molar-refractivity contribution in [3.05, 3.63) is 24.0 Å². The summed E-state index contributed by atoms with van der Waals surface area (Å²) in [4.78, 5) is 11.6. The number of aliphatic hydroxyl groups excluding tert-OH is 1. The van der Waals surface area contributed by atoms with E-state index in [9.17, 15) is 4.79 Å². The first kappa shape index (κ1) is 14.4. The number of aliphatic hydroxyl groups is 1. The largest absolute Gasteiger partial charge is 0.396 e. The summed E-state index contributed by atoms with van der Waals surface area (Å²) < 4.78 is 6.63. The Kier molecular flexibility index (Phi) is 6.10. The lowest BCUT2D eigenvalue weighted by molar-refractivity contribution is -0.117. The van der Waals surface area contributed by atoms with E-state index in [1.54, 1.807) is 31.1 Å². The monoisotopic (exact) mass is 253 g/mol. The van der Waals surface area contributed by atoms with Gasteiger partial charge in [0.15, 0.2) is 0 Å². The van der Waals surface area contributed by atoms with Crippen LogP contribution in [0.2, 0.25) is 0 Å². The van der Waals surface area contributed by atoms with E-state index in [0.29, 0.717) is 13.0 Å². The number of hydrogen-bond donors (Lipinski definition) is 2. The van der Waals surface area contributed by atoms with Crippen LogP contribution < -0.4 is 5.32 Å². The SMILES string of the molecule is COCC(CCO)NC(=O)/C=C/c1ccnn1C. The van der Waals surface area contributed by atoms with Crippen LogP contribution in [0.5, 0.6) is 0 Å². The van der Waals surface area contributed by atoms with E-state index in [2.05, 4.69) is 10.4 Å². The molecule has 0 aliphatic carbocycles. The third-order valence-electron chi connectivity index (χ3n) is 2.46. The number of ether oxygens (including phenoxy) is 1. The van der Waals surface area contributed by atoms with Crippen LogP contribution in [0.3, 0.4) is 0 Å². The molecule has 6 heteroatoms. The second kappa shape index (κ2) is 7.62. The lowest BCUT2D eigenvalue weighted by Gasteiger charge is -2.15. The highest BCUT2D eigenvalue weighted by molar-refractivity contribution is 5.91. The molecule has 0 saturated carbocycles. The van der Waals surface area contributed by atoms with Crippen molar-refractivity contribution in [3.63, 3.8) is 0 Å². The molecule has 1 atom stereocenters. The Labute approximate surface area is 106 Å². The Morgan fingerprint density at radius 3 is 3.06 bits per heavy atom. The van der Waals surface area contributed by atoms with Gasteiger partial charge in [0.05, 0.1) is 18.3 Å². The van der Waals surface area contributed by atoms with Gasteiger partial charge in [0, 0.05) is 33.0 Å². The van der Waals surface area contributed by atoms with E-state index >= 15 is 0 Å². The van der Waals surface area contributed by atoms with Crippen LogP contribution in [0.25, 0.3) is 6.08 Å². The Morgan fingerprint density at radius 2 is 2.50 bits per heavy atom. The lowest BCUT2D eigenvalue weighted by atomic mass is 10.2. The number of amides is 1. The number of aryl methyl sites for hydroxylation is 1. The Bertz CT molecular complexity index is 395. The number of carbonyl (C=O) groups is 1. The topological polar surface area (TPSA) is 76.4 Å². The summed E-state index contributed by atoms with van der Waals surface area (Å²) in [5, 5.41) is 15.6. The predicted octanol–water partition coefficient (Wildman–Crippen LogP) is -0.0531. The van der Waals surface area contributed by atoms with Crippen molar-refractivity contribution in [1.29, 1.82) is 0 Å². The number of methoxy groups -OCH3 is 1.